The molecule has 0 fully saturated rings. The van der Waals surface area contributed by atoms with E-state index in [1.54, 1.807) is 0 Å². The summed E-state index contributed by atoms with van der Waals surface area (Å²) in [6, 6.07) is 21.2. The van der Waals surface area contributed by atoms with Crippen molar-refractivity contribution in [3.05, 3.63) is 71.8 Å². The molecular formula is C17H22OSi. The Morgan fingerprint density at radius 2 is 1.37 bits per heavy atom. The highest BCUT2D eigenvalue weighted by atomic mass is 28.2. The molecule has 0 unspecified atom stereocenters. The number of rotatable bonds is 6. The monoisotopic (exact) mass is 270 g/mol. The van der Waals surface area contributed by atoms with E-state index < -0.39 is 0 Å². The summed E-state index contributed by atoms with van der Waals surface area (Å²) in [6.07, 6.45) is 3.40. The van der Waals surface area contributed by atoms with Crippen LogP contribution in [-0.4, -0.2) is 10.5 Å². The Labute approximate surface area is 119 Å². The zero-order chi connectivity index (χ0) is 13.6. The van der Waals surface area contributed by atoms with Crippen molar-refractivity contribution in [3.8, 4) is 0 Å². The topological polar surface area (TPSA) is 9.23 Å². The van der Waals surface area contributed by atoms with E-state index in [4.69, 9.17) is 4.43 Å². The van der Waals surface area contributed by atoms with E-state index >= 15 is 0 Å². The van der Waals surface area contributed by atoms with E-state index in [1.165, 1.54) is 24.0 Å². The summed E-state index contributed by atoms with van der Waals surface area (Å²) in [5.74, 6) is 0. The molecule has 19 heavy (non-hydrogen) atoms. The molecule has 2 aromatic rings. The van der Waals surface area contributed by atoms with Crippen LogP contribution in [0.15, 0.2) is 60.7 Å². The lowest BCUT2D eigenvalue weighted by Gasteiger charge is -2.34. The zero-order valence-corrected chi connectivity index (χ0v) is 13.8. The molecule has 2 heteroatoms. The molecule has 0 spiro atoms. The second-order valence-electron chi connectivity index (χ2n) is 4.87. The highest BCUT2D eigenvalue weighted by Crippen LogP contribution is 2.37. The highest BCUT2D eigenvalue weighted by Gasteiger charge is 2.32. The van der Waals surface area contributed by atoms with Crippen molar-refractivity contribution in [2.45, 2.75) is 31.8 Å². The molecule has 2 rings (SSSR count). The van der Waals surface area contributed by atoms with E-state index in [2.05, 4.69) is 67.6 Å². The first-order valence-electron chi connectivity index (χ1n) is 6.99. The molecule has 0 heterocycles. The van der Waals surface area contributed by atoms with Crippen LogP contribution < -0.4 is 0 Å². The van der Waals surface area contributed by atoms with Crippen molar-refractivity contribution in [3.63, 3.8) is 0 Å². The fourth-order valence-electron chi connectivity index (χ4n) is 2.63. The fourth-order valence-corrected chi connectivity index (χ4v) is 3.31. The maximum atomic E-state index is 6.15. The molecule has 0 N–H and O–H groups in total. The van der Waals surface area contributed by atoms with Crippen LogP contribution in [-0.2, 0) is 10.0 Å². The Balaban J connectivity index is 2.48. The summed E-state index contributed by atoms with van der Waals surface area (Å²) in [5, 5.41) is 0. The quantitative estimate of drug-likeness (QED) is 0.731. The molecule has 0 bridgehead atoms. The van der Waals surface area contributed by atoms with Gasteiger partial charge in [0.1, 0.15) is 16.1 Å². The summed E-state index contributed by atoms with van der Waals surface area (Å²) in [6.45, 7) is 2.23. The minimum Gasteiger partial charge on any atom is -0.414 e. The van der Waals surface area contributed by atoms with Crippen molar-refractivity contribution < 1.29 is 4.43 Å². The van der Waals surface area contributed by atoms with Gasteiger partial charge in [-0.05, 0) is 17.5 Å². The van der Waals surface area contributed by atoms with Crippen molar-refractivity contribution in [2.24, 2.45) is 0 Å². The maximum absolute atomic E-state index is 6.15. The van der Waals surface area contributed by atoms with Crippen molar-refractivity contribution in [1.82, 2.24) is 0 Å². The molecular weight excluding hydrogens is 248 g/mol. The van der Waals surface area contributed by atoms with Gasteiger partial charge in [0, 0.05) is 0 Å². The zero-order valence-electron chi connectivity index (χ0n) is 11.8. The molecule has 1 nitrogen and oxygen atoms in total. The average molecular weight is 270 g/mol. The fraction of sp³-hybridized carbons (Fsp3) is 0.294. The van der Waals surface area contributed by atoms with Crippen LogP contribution in [0.3, 0.4) is 0 Å². The minimum atomic E-state index is -0.259. The van der Waals surface area contributed by atoms with Gasteiger partial charge in [0.25, 0.3) is 0 Å². The van der Waals surface area contributed by atoms with E-state index in [1.807, 2.05) is 0 Å². The molecule has 0 aliphatic heterocycles. The predicted molar refractivity (Wildman–Crippen MR) is 84.2 cm³/mol. The normalized spacial score (nSPS) is 11.6. The van der Waals surface area contributed by atoms with E-state index in [0.29, 0.717) is 0 Å². The predicted octanol–water partition coefficient (Wildman–Crippen LogP) is 3.42. The standard InChI is InChI=1S/C17H22OSi/c1-2-3-14-17(18-19,15-10-6-4-7-11-15)16-12-8-5-9-13-16/h4-13H,2-3,14H2,1,19H3. The molecule has 0 aromatic heterocycles. The first-order valence-corrected chi connectivity index (χ1v) is 7.81. The summed E-state index contributed by atoms with van der Waals surface area (Å²) in [7, 11) is 0.733. The number of hydrogen-bond donors (Lipinski definition) is 0. The lowest BCUT2D eigenvalue weighted by Crippen LogP contribution is -2.30. The van der Waals surface area contributed by atoms with Gasteiger partial charge >= 0.3 is 0 Å². The van der Waals surface area contributed by atoms with E-state index in [0.717, 1.165) is 16.9 Å². The SMILES string of the molecule is CCCCC(O[SiH3])(c1ccccc1)c1ccccc1. The summed E-state index contributed by atoms with van der Waals surface area (Å²) >= 11 is 0. The van der Waals surface area contributed by atoms with Crippen LogP contribution in [0.4, 0.5) is 0 Å². The van der Waals surface area contributed by atoms with Gasteiger partial charge in [-0.3, -0.25) is 0 Å². The maximum Gasteiger partial charge on any atom is 0.147 e. The molecule has 100 valence electrons. The van der Waals surface area contributed by atoms with Crippen LogP contribution >= 0.6 is 0 Å². The van der Waals surface area contributed by atoms with Gasteiger partial charge in [-0.15, -0.1) is 0 Å². The summed E-state index contributed by atoms with van der Waals surface area (Å²) in [5.41, 5.74) is 2.28. The van der Waals surface area contributed by atoms with Crippen LogP contribution in [0.2, 0.25) is 0 Å². The Hall–Kier alpha value is -1.38. The first-order chi connectivity index (χ1) is 9.33. The number of unbranched alkanes of at least 4 members (excludes halogenated alkanes) is 1. The van der Waals surface area contributed by atoms with Gasteiger partial charge < -0.3 is 4.43 Å². The van der Waals surface area contributed by atoms with Crippen LogP contribution in [0, 0.1) is 0 Å². The third-order valence-electron chi connectivity index (χ3n) is 3.71. The largest absolute Gasteiger partial charge is 0.414 e. The third-order valence-corrected chi connectivity index (χ3v) is 4.41. The molecule has 0 saturated carbocycles. The Bertz CT molecular complexity index is 442. The van der Waals surface area contributed by atoms with Gasteiger partial charge in [0.05, 0.1) is 0 Å². The van der Waals surface area contributed by atoms with E-state index in [9.17, 15) is 0 Å². The van der Waals surface area contributed by atoms with Crippen LogP contribution in [0.25, 0.3) is 0 Å². The van der Waals surface area contributed by atoms with Crippen LogP contribution in [0.1, 0.15) is 37.3 Å². The first kappa shape index (κ1) is 14.0. The lowest BCUT2D eigenvalue weighted by atomic mass is 9.82. The number of hydrogen-bond acceptors (Lipinski definition) is 1. The highest BCUT2D eigenvalue weighted by molar-refractivity contribution is 5.98. The van der Waals surface area contributed by atoms with Crippen molar-refractivity contribution in [2.75, 3.05) is 0 Å². The Morgan fingerprint density at radius 3 is 1.74 bits per heavy atom. The van der Waals surface area contributed by atoms with Crippen LogP contribution in [0.5, 0.6) is 0 Å². The van der Waals surface area contributed by atoms with Gasteiger partial charge in [-0.25, -0.2) is 0 Å². The molecule has 0 atom stereocenters. The molecule has 2 aromatic carbocycles. The van der Waals surface area contributed by atoms with E-state index in [-0.39, 0.29) is 5.60 Å². The van der Waals surface area contributed by atoms with Gasteiger partial charge in [-0.2, -0.15) is 0 Å². The molecule has 0 aliphatic carbocycles. The Morgan fingerprint density at radius 1 is 0.895 bits per heavy atom. The minimum absolute atomic E-state index is 0.259. The molecule has 0 saturated heterocycles. The number of benzene rings is 2. The summed E-state index contributed by atoms with van der Waals surface area (Å²) in [4.78, 5) is 0. The smallest absolute Gasteiger partial charge is 0.147 e. The second-order valence-corrected chi connectivity index (χ2v) is 5.27. The van der Waals surface area contributed by atoms with Crippen molar-refractivity contribution >= 4 is 10.5 Å². The molecule has 0 radical (unpaired) electrons. The summed E-state index contributed by atoms with van der Waals surface area (Å²) < 4.78 is 6.15. The van der Waals surface area contributed by atoms with Gasteiger partial charge in [-0.1, -0.05) is 80.4 Å². The van der Waals surface area contributed by atoms with Gasteiger partial charge in [0.2, 0.25) is 0 Å². The lowest BCUT2D eigenvalue weighted by molar-refractivity contribution is 0.111. The Kier molecular flexibility index (Phi) is 4.94. The van der Waals surface area contributed by atoms with Crippen molar-refractivity contribution in [1.29, 1.82) is 0 Å². The average Bonchev–Trinajstić information content (AvgIpc) is 2.51. The van der Waals surface area contributed by atoms with Gasteiger partial charge in [0.15, 0.2) is 0 Å². The molecule has 0 aliphatic rings. The third kappa shape index (κ3) is 2.96. The second kappa shape index (κ2) is 6.69. The molecule has 0 amide bonds.